The number of nitrogens with zero attached hydrogens (tertiary/aromatic N) is 3. The van der Waals surface area contributed by atoms with Crippen LogP contribution in [0.4, 0.5) is 8.78 Å². The predicted octanol–water partition coefficient (Wildman–Crippen LogP) is 1.54. The third-order valence-corrected chi connectivity index (χ3v) is 4.06. The van der Waals surface area contributed by atoms with Crippen LogP contribution in [-0.2, 0) is 16.1 Å². The first kappa shape index (κ1) is 15.8. The fourth-order valence-electron chi connectivity index (χ4n) is 3.04. The largest absolute Gasteiger partial charge is 0.468 e. The lowest BCUT2D eigenvalue weighted by Crippen LogP contribution is -2.37. The molecule has 0 bridgehead atoms. The molecule has 0 amide bonds. The van der Waals surface area contributed by atoms with Crippen molar-refractivity contribution in [2.24, 2.45) is 0 Å². The minimum Gasteiger partial charge on any atom is -0.468 e. The third kappa shape index (κ3) is 2.91. The molecule has 1 N–H and O–H groups in total. The normalized spacial score (nSPS) is 22.1. The minimum absolute atomic E-state index is 0.0375. The van der Waals surface area contributed by atoms with Crippen LogP contribution in [-0.4, -0.2) is 51.3 Å². The zero-order valence-corrected chi connectivity index (χ0v) is 12.5. The van der Waals surface area contributed by atoms with Crippen molar-refractivity contribution in [3.63, 3.8) is 0 Å². The Kier molecular flexibility index (Phi) is 4.27. The van der Waals surface area contributed by atoms with Gasteiger partial charge >= 0.3 is 12.5 Å². The first-order valence-corrected chi connectivity index (χ1v) is 7.25. The van der Waals surface area contributed by atoms with Crippen molar-refractivity contribution in [3.8, 4) is 0 Å². The Morgan fingerprint density at radius 3 is 2.91 bits per heavy atom. The molecular formula is C15H17F2N3O3. The molecule has 23 heavy (non-hydrogen) atoms. The van der Waals surface area contributed by atoms with Crippen LogP contribution in [0.2, 0.25) is 0 Å². The molecule has 124 valence electrons. The van der Waals surface area contributed by atoms with Crippen molar-refractivity contribution in [2.75, 3.05) is 13.7 Å². The maximum atomic E-state index is 13.4. The number of para-hydroxylation sites is 2. The van der Waals surface area contributed by atoms with Gasteiger partial charge in [0.25, 0.3) is 0 Å². The summed E-state index contributed by atoms with van der Waals surface area (Å²) in [6.07, 6.45) is -0.467. The molecule has 8 heteroatoms. The number of aromatic nitrogens is 2. The second kappa shape index (κ2) is 6.21. The van der Waals surface area contributed by atoms with Crippen LogP contribution in [0.15, 0.2) is 24.3 Å². The van der Waals surface area contributed by atoms with Crippen molar-refractivity contribution in [1.29, 1.82) is 0 Å². The monoisotopic (exact) mass is 325 g/mol. The number of esters is 1. The van der Waals surface area contributed by atoms with Gasteiger partial charge in [0.1, 0.15) is 11.9 Å². The summed E-state index contributed by atoms with van der Waals surface area (Å²) >= 11 is 0. The molecule has 1 aromatic heterocycles. The van der Waals surface area contributed by atoms with Gasteiger partial charge in [-0.1, -0.05) is 12.1 Å². The maximum Gasteiger partial charge on any atom is 0.323 e. The number of benzene rings is 1. The number of hydrogen-bond acceptors (Lipinski definition) is 5. The van der Waals surface area contributed by atoms with Gasteiger partial charge in [0.15, 0.2) is 0 Å². The van der Waals surface area contributed by atoms with Crippen LogP contribution in [0.3, 0.4) is 0 Å². The maximum absolute atomic E-state index is 13.4. The van der Waals surface area contributed by atoms with Gasteiger partial charge in [0.2, 0.25) is 0 Å². The molecule has 0 saturated carbocycles. The number of alkyl halides is 2. The number of carbonyl (C=O) groups excluding carboxylic acids is 1. The number of likely N-dealkylation sites (tertiary alicyclic amines) is 1. The summed E-state index contributed by atoms with van der Waals surface area (Å²) in [7, 11) is 1.26. The van der Waals surface area contributed by atoms with Crippen LogP contribution >= 0.6 is 0 Å². The summed E-state index contributed by atoms with van der Waals surface area (Å²) in [4.78, 5) is 17.7. The lowest BCUT2D eigenvalue weighted by atomic mass is 10.2. The molecule has 1 aromatic carbocycles. The van der Waals surface area contributed by atoms with E-state index in [1.54, 1.807) is 29.2 Å². The quantitative estimate of drug-likeness (QED) is 0.864. The number of hydrogen-bond donors (Lipinski definition) is 1. The highest BCUT2D eigenvalue weighted by Crippen LogP contribution is 2.27. The summed E-state index contributed by atoms with van der Waals surface area (Å²) in [6, 6.07) is 5.99. The van der Waals surface area contributed by atoms with Crippen LogP contribution in [0.25, 0.3) is 11.0 Å². The number of carbonyl (C=O) groups is 1. The molecule has 1 aliphatic rings. The summed E-state index contributed by atoms with van der Waals surface area (Å²) < 4.78 is 32.4. The summed E-state index contributed by atoms with van der Waals surface area (Å²) in [5.74, 6) is -0.328. The molecule has 0 unspecified atom stereocenters. The third-order valence-electron chi connectivity index (χ3n) is 4.06. The van der Waals surface area contributed by atoms with Crippen molar-refractivity contribution >= 4 is 17.0 Å². The van der Waals surface area contributed by atoms with Crippen molar-refractivity contribution < 1.29 is 23.4 Å². The Bertz CT molecular complexity index is 719. The summed E-state index contributed by atoms with van der Waals surface area (Å²) in [5.41, 5.74) is 0.809. The van der Waals surface area contributed by atoms with E-state index in [2.05, 4.69) is 4.98 Å². The fourth-order valence-corrected chi connectivity index (χ4v) is 3.04. The van der Waals surface area contributed by atoms with Gasteiger partial charge < -0.3 is 9.84 Å². The smallest absolute Gasteiger partial charge is 0.323 e. The lowest BCUT2D eigenvalue weighted by molar-refractivity contribution is -0.146. The van der Waals surface area contributed by atoms with Gasteiger partial charge in [0, 0.05) is 13.0 Å². The Morgan fingerprint density at radius 1 is 1.48 bits per heavy atom. The van der Waals surface area contributed by atoms with Crippen molar-refractivity contribution in [2.45, 2.75) is 31.7 Å². The number of imidazole rings is 1. The molecule has 0 radical (unpaired) electrons. The van der Waals surface area contributed by atoms with Gasteiger partial charge in [-0.2, -0.15) is 8.78 Å². The van der Waals surface area contributed by atoms with Gasteiger partial charge in [-0.25, -0.2) is 4.98 Å². The Balaban J connectivity index is 1.94. The molecule has 2 aromatic rings. The molecule has 0 aliphatic carbocycles. The fraction of sp³-hybridized carbons (Fsp3) is 0.467. The van der Waals surface area contributed by atoms with Crippen LogP contribution in [0.1, 0.15) is 18.8 Å². The summed E-state index contributed by atoms with van der Waals surface area (Å²) in [6.45, 7) is -2.48. The number of aliphatic hydroxyl groups excluding tert-OH is 1. The molecule has 2 atom stereocenters. The van der Waals surface area contributed by atoms with E-state index in [-0.39, 0.29) is 25.3 Å². The molecule has 1 saturated heterocycles. The van der Waals surface area contributed by atoms with E-state index in [1.807, 2.05) is 0 Å². The van der Waals surface area contributed by atoms with Gasteiger partial charge in [0.05, 0.1) is 30.8 Å². The van der Waals surface area contributed by atoms with Gasteiger partial charge in [-0.15, -0.1) is 0 Å². The number of halogens is 2. The molecule has 0 spiro atoms. The van der Waals surface area contributed by atoms with E-state index < -0.39 is 24.7 Å². The van der Waals surface area contributed by atoms with Crippen LogP contribution in [0, 0.1) is 0 Å². The average Bonchev–Trinajstić information content (AvgIpc) is 3.06. The second-order valence-electron chi connectivity index (χ2n) is 5.52. The van der Waals surface area contributed by atoms with E-state index in [0.717, 1.165) is 4.57 Å². The van der Waals surface area contributed by atoms with E-state index in [9.17, 15) is 18.7 Å². The highest BCUT2D eigenvalue weighted by molar-refractivity contribution is 5.77. The SMILES string of the molecule is COC(=O)[C@@H]1C[C@@H](O)CN1Cc1nc2ccccc2n1C(F)F. The number of fused-ring (bicyclic) bond motifs is 1. The van der Waals surface area contributed by atoms with Crippen molar-refractivity contribution in [3.05, 3.63) is 30.1 Å². The zero-order valence-electron chi connectivity index (χ0n) is 12.5. The number of rotatable bonds is 4. The number of ether oxygens (including phenoxy) is 1. The zero-order chi connectivity index (χ0) is 16.6. The molecule has 2 heterocycles. The summed E-state index contributed by atoms with van der Waals surface area (Å²) in [5, 5.41) is 9.79. The van der Waals surface area contributed by atoms with E-state index >= 15 is 0 Å². The Labute approximate surface area is 131 Å². The first-order valence-electron chi connectivity index (χ1n) is 7.25. The van der Waals surface area contributed by atoms with E-state index in [4.69, 9.17) is 4.74 Å². The van der Waals surface area contributed by atoms with Crippen molar-refractivity contribution in [1.82, 2.24) is 14.5 Å². The first-order chi connectivity index (χ1) is 11.0. The molecule has 6 nitrogen and oxygen atoms in total. The minimum atomic E-state index is -2.73. The molecule has 1 aliphatic heterocycles. The standard InChI is InChI=1S/C15H17F2N3O3/c1-23-14(22)12-6-9(21)7-19(12)8-13-18-10-4-2-3-5-11(10)20(13)15(16)17/h2-5,9,12,15,21H,6-8H2,1H3/t9-,12+/m1/s1. The van der Waals surface area contributed by atoms with Gasteiger partial charge in [-0.3, -0.25) is 14.3 Å². The topological polar surface area (TPSA) is 67.6 Å². The molecule has 1 fully saturated rings. The van der Waals surface area contributed by atoms with E-state index in [1.165, 1.54) is 7.11 Å². The highest BCUT2D eigenvalue weighted by atomic mass is 19.3. The lowest BCUT2D eigenvalue weighted by Gasteiger charge is -2.22. The Morgan fingerprint density at radius 2 is 2.22 bits per heavy atom. The highest BCUT2D eigenvalue weighted by Gasteiger charge is 2.37. The van der Waals surface area contributed by atoms with Gasteiger partial charge in [-0.05, 0) is 12.1 Å². The van der Waals surface area contributed by atoms with Crippen LogP contribution in [0.5, 0.6) is 0 Å². The van der Waals surface area contributed by atoms with E-state index in [0.29, 0.717) is 11.0 Å². The number of β-amino-alcohol motifs (C(OH)–C–C–N with tert-alkyl or cyclic N) is 1. The predicted molar refractivity (Wildman–Crippen MR) is 77.8 cm³/mol. The number of methoxy groups -OCH3 is 1. The number of aliphatic hydroxyl groups is 1. The Hall–Kier alpha value is -2.06. The van der Waals surface area contributed by atoms with Crippen LogP contribution < -0.4 is 0 Å². The average molecular weight is 325 g/mol. The molecule has 3 rings (SSSR count). The molecular weight excluding hydrogens is 308 g/mol. The second-order valence-corrected chi connectivity index (χ2v) is 5.52.